The van der Waals surface area contributed by atoms with Crippen molar-refractivity contribution in [2.45, 2.75) is 61.6 Å². The molecule has 2 aliphatic rings. The number of nitriles is 1. The van der Waals surface area contributed by atoms with Crippen molar-refractivity contribution < 1.29 is 22.7 Å². The molecular weight excluding hydrogens is 451 g/mol. The van der Waals surface area contributed by atoms with Crippen molar-refractivity contribution in [2.24, 2.45) is 0 Å². The summed E-state index contributed by atoms with van der Waals surface area (Å²) in [7, 11) is -3.89. The fraction of sp³-hybridized carbons (Fsp3) is 0.524. The Morgan fingerprint density at radius 1 is 1.36 bits per heavy atom. The highest BCUT2D eigenvalue weighted by atomic mass is 32.2. The average Bonchev–Trinajstić information content (AvgIpc) is 3.13. The Hall–Kier alpha value is -2.88. The number of nitrogens with one attached hydrogen (secondary N) is 1. The minimum absolute atomic E-state index is 0.0211. The molecule has 0 spiro atoms. The molecule has 4 rings (SSSR count). The number of alkyl halides is 1. The molecule has 1 saturated heterocycles. The molecule has 2 aromatic rings. The lowest BCUT2D eigenvalue weighted by Crippen LogP contribution is -2.50. The van der Waals surface area contributed by atoms with Crippen LogP contribution < -0.4 is 10.1 Å². The maximum Gasteiger partial charge on any atom is 0.260 e. The Kier molecular flexibility index (Phi) is 6.47. The van der Waals surface area contributed by atoms with Crippen LogP contribution in [0.15, 0.2) is 35.6 Å². The van der Waals surface area contributed by atoms with Crippen LogP contribution in [0.5, 0.6) is 5.88 Å². The quantitative estimate of drug-likeness (QED) is 0.636. The molecule has 10 nitrogen and oxygen atoms in total. The lowest BCUT2D eigenvalue weighted by molar-refractivity contribution is -0.0271. The highest BCUT2D eigenvalue weighted by Crippen LogP contribution is 2.33. The summed E-state index contributed by atoms with van der Waals surface area (Å²) in [6.45, 7) is 1.44. The van der Waals surface area contributed by atoms with E-state index in [0.29, 0.717) is 12.8 Å². The van der Waals surface area contributed by atoms with Crippen LogP contribution in [-0.4, -0.2) is 69.8 Å². The summed E-state index contributed by atoms with van der Waals surface area (Å²) in [6, 6.07) is 5.78. The molecule has 2 N–H and O–H groups in total. The Morgan fingerprint density at radius 2 is 2.18 bits per heavy atom. The minimum Gasteiger partial charge on any atom is -0.470 e. The number of anilines is 1. The van der Waals surface area contributed by atoms with Crippen LogP contribution in [0.3, 0.4) is 0 Å². The molecular formula is C21H25FN6O4S. The number of pyridine rings is 1. The summed E-state index contributed by atoms with van der Waals surface area (Å²) in [4.78, 5) is 12.2. The maximum atomic E-state index is 14.9. The van der Waals surface area contributed by atoms with Gasteiger partial charge in [-0.3, -0.25) is 0 Å². The van der Waals surface area contributed by atoms with Crippen LogP contribution in [0.2, 0.25) is 0 Å². The molecule has 0 bridgehead atoms. The number of nitrogens with zero attached hydrogens (tertiary/aromatic N) is 5. The van der Waals surface area contributed by atoms with Crippen molar-refractivity contribution in [1.29, 1.82) is 5.26 Å². The lowest BCUT2D eigenvalue weighted by atomic mass is 10.0. The second kappa shape index (κ2) is 9.17. The Morgan fingerprint density at radius 3 is 2.82 bits per heavy atom. The summed E-state index contributed by atoms with van der Waals surface area (Å²) >= 11 is 0. The largest absolute Gasteiger partial charge is 0.470 e. The van der Waals surface area contributed by atoms with E-state index in [-0.39, 0.29) is 41.9 Å². The molecule has 1 aliphatic heterocycles. The number of rotatable bonds is 6. The van der Waals surface area contributed by atoms with Gasteiger partial charge < -0.3 is 15.2 Å². The van der Waals surface area contributed by atoms with Gasteiger partial charge in [-0.25, -0.2) is 22.8 Å². The van der Waals surface area contributed by atoms with Crippen LogP contribution in [-0.2, 0) is 10.0 Å². The third-order valence-electron chi connectivity index (χ3n) is 6.03. The number of hydrogen-bond acceptors (Lipinski definition) is 9. The van der Waals surface area contributed by atoms with E-state index in [1.165, 1.54) is 18.5 Å². The highest BCUT2D eigenvalue weighted by molar-refractivity contribution is 7.89. The van der Waals surface area contributed by atoms with Gasteiger partial charge in [0.2, 0.25) is 11.8 Å². The van der Waals surface area contributed by atoms with Crippen LogP contribution in [0.1, 0.15) is 38.2 Å². The predicted octanol–water partition coefficient (Wildman–Crippen LogP) is 1.64. The molecule has 0 amide bonds. The van der Waals surface area contributed by atoms with E-state index in [4.69, 9.17) is 4.74 Å². The van der Waals surface area contributed by atoms with Gasteiger partial charge >= 0.3 is 0 Å². The van der Waals surface area contributed by atoms with Gasteiger partial charge in [0, 0.05) is 19.3 Å². The van der Waals surface area contributed by atoms with Crippen LogP contribution in [0, 0.1) is 11.3 Å². The number of aromatic nitrogens is 3. The molecule has 1 aliphatic carbocycles. The van der Waals surface area contributed by atoms with Crippen molar-refractivity contribution >= 4 is 16.0 Å². The third kappa shape index (κ3) is 4.90. The topological polar surface area (TPSA) is 141 Å². The summed E-state index contributed by atoms with van der Waals surface area (Å²) in [5.41, 5.74) is -0.919. The molecule has 0 radical (unpaired) electrons. The van der Waals surface area contributed by atoms with E-state index in [0.717, 1.165) is 10.7 Å². The van der Waals surface area contributed by atoms with Gasteiger partial charge in [-0.15, -0.1) is 0 Å². The van der Waals surface area contributed by atoms with Crippen molar-refractivity contribution in [3.63, 3.8) is 0 Å². The molecule has 3 heterocycles. The number of ether oxygens (including phenoxy) is 1. The van der Waals surface area contributed by atoms with E-state index in [2.05, 4.69) is 20.3 Å². The molecule has 2 aromatic heterocycles. The molecule has 12 heteroatoms. The van der Waals surface area contributed by atoms with Gasteiger partial charge in [0.25, 0.3) is 10.0 Å². The first-order valence-electron chi connectivity index (χ1n) is 10.7. The van der Waals surface area contributed by atoms with E-state index in [1.54, 1.807) is 19.1 Å². The summed E-state index contributed by atoms with van der Waals surface area (Å²) in [5, 5.41) is 22.6. The van der Waals surface area contributed by atoms with Crippen molar-refractivity contribution in [2.75, 3.05) is 18.4 Å². The zero-order valence-electron chi connectivity index (χ0n) is 18.1. The Bertz CT molecular complexity index is 1140. The summed E-state index contributed by atoms with van der Waals surface area (Å²) < 4.78 is 47.3. The summed E-state index contributed by atoms with van der Waals surface area (Å²) in [5.74, 6) is 0.0862. The first kappa shape index (κ1) is 23.3. The van der Waals surface area contributed by atoms with Gasteiger partial charge in [-0.2, -0.15) is 14.6 Å². The number of hydrogen-bond donors (Lipinski definition) is 2. The van der Waals surface area contributed by atoms with Gasteiger partial charge in [0.15, 0.2) is 5.03 Å². The van der Waals surface area contributed by atoms with E-state index in [1.807, 2.05) is 6.07 Å². The van der Waals surface area contributed by atoms with Gasteiger partial charge in [-0.05, 0) is 44.7 Å². The fourth-order valence-corrected chi connectivity index (χ4v) is 5.49. The molecule has 176 valence electrons. The molecule has 0 aromatic carbocycles. The SMILES string of the molecule is C[C@]1(O)CCC[C@H]1Oc1nc(N[C@H]2CCN(S(=O)(=O)c3ccccn3)C[C@H]2F)ncc1C#N. The average molecular weight is 477 g/mol. The molecule has 4 atom stereocenters. The second-order valence-corrected chi connectivity index (χ2v) is 10.4. The van der Waals surface area contributed by atoms with Crippen LogP contribution in [0.4, 0.5) is 10.3 Å². The normalized spacial score (nSPS) is 28.2. The van der Waals surface area contributed by atoms with Gasteiger partial charge in [0.1, 0.15) is 23.9 Å². The van der Waals surface area contributed by atoms with E-state index < -0.39 is 33.9 Å². The lowest BCUT2D eigenvalue weighted by Gasteiger charge is -2.34. The Labute approximate surface area is 191 Å². The maximum absolute atomic E-state index is 14.9. The van der Waals surface area contributed by atoms with E-state index in [9.17, 15) is 23.2 Å². The zero-order valence-corrected chi connectivity index (χ0v) is 18.9. The first-order valence-corrected chi connectivity index (χ1v) is 12.1. The first-order chi connectivity index (χ1) is 15.7. The number of sulfonamides is 1. The fourth-order valence-electron chi connectivity index (χ4n) is 4.10. The Balaban J connectivity index is 1.45. The molecule has 33 heavy (non-hydrogen) atoms. The van der Waals surface area contributed by atoms with Crippen LogP contribution in [0.25, 0.3) is 0 Å². The second-order valence-electron chi connectivity index (χ2n) is 8.47. The minimum atomic E-state index is -3.89. The van der Waals surface area contributed by atoms with Crippen LogP contribution >= 0.6 is 0 Å². The summed E-state index contributed by atoms with van der Waals surface area (Å²) in [6.07, 6.45) is 2.81. The molecule has 2 fully saturated rings. The van der Waals surface area contributed by atoms with Gasteiger partial charge in [-0.1, -0.05) is 6.07 Å². The molecule has 1 saturated carbocycles. The predicted molar refractivity (Wildman–Crippen MR) is 116 cm³/mol. The number of piperidine rings is 1. The third-order valence-corrected chi connectivity index (χ3v) is 7.81. The smallest absolute Gasteiger partial charge is 0.260 e. The monoisotopic (exact) mass is 476 g/mol. The molecule has 0 unspecified atom stereocenters. The van der Waals surface area contributed by atoms with Crippen molar-refractivity contribution in [3.05, 3.63) is 36.2 Å². The number of halogens is 1. The zero-order chi connectivity index (χ0) is 23.6. The highest BCUT2D eigenvalue weighted by Gasteiger charge is 2.40. The van der Waals surface area contributed by atoms with Crippen molar-refractivity contribution in [1.82, 2.24) is 19.3 Å². The van der Waals surface area contributed by atoms with Crippen molar-refractivity contribution in [3.8, 4) is 11.9 Å². The standard InChI is InChI=1S/C21H25FN6O4S/c1-21(29)8-4-5-17(21)32-19-14(11-23)12-25-20(27-19)26-16-7-10-28(13-15(16)22)33(30,31)18-6-2-3-9-24-18/h2-3,6,9,12,15-17,29H,4-5,7-8,10,13H2,1H3,(H,25,26,27)/t15-,16+,17-,21+/m1/s1. The number of aliphatic hydroxyl groups is 1. The van der Waals surface area contributed by atoms with Gasteiger partial charge in [0.05, 0.1) is 17.8 Å². The van der Waals surface area contributed by atoms with E-state index >= 15 is 0 Å².